The van der Waals surface area contributed by atoms with E-state index in [1.807, 2.05) is 11.8 Å². The van der Waals surface area contributed by atoms with Crippen LogP contribution in [-0.2, 0) is 19.6 Å². The highest BCUT2D eigenvalue weighted by Gasteiger charge is 2.35. The summed E-state index contributed by atoms with van der Waals surface area (Å²) in [6.07, 6.45) is 1.68. The number of amides is 1. The molecule has 210 valence electrons. The number of benzene rings is 2. The molecule has 2 fully saturated rings. The van der Waals surface area contributed by atoms with Gasteiger partial charge in [-0.05, 0) is 74.6 Å². The van der Waals surface area contributed by atoms with Gasteiger partial charge in [0, 0.05) is 45.2 Å². The number of aromatic nitrogens is 1. The van der Waals surface area contributed by atoms with Gasteiger partial charge in [-0.25, -0.2) is 17.8 Å². The Hall–Kier alpha value is -2.44. The van der Waals surface area contributed by atoms with Gasteiger partial charge >= 0.3 is 0 Å². The Kier molecular flexibility index (Phi) is 8.63. The van der Waals surface area contributed by atoms with E-state index in [2.05, 4.69) is 24.0 Å². The highest BCUT2D eigenvalue weighted by molar-refractivity contribution is 7.89. The van der Waals surface area contributed by atoms with E-state index in [4.69, 9.17) is 9.72 Å². The maximum absolute atomic E-state index is 13.9. The normalized spacial score (nSPS) is 18.0. The van der Waals surface area contributed by atoms with E-state index < -0.39 is 15.8 Å². The minimum absolute atomic E-state index is 0.00392. The summed E-state index contributed by atoms with van der Waals surface area (Å²) in [5, 5.41) is 0.701. The van der Waals surface area contributed by atoms with Gasteiger partial charge < -0.3 is 4.74 Å². The Balaban J connectivity index is 1.31. The molecule has 11 heteroatoms. The van der Waals surface area contributed by atoms with E-state index >= 15 is 0 Å². The topological polar surface area (TPSA) is 83.0 Å². The maximum atomic E-state index is 13.9. The van der Waals surface area contributed by atoms with Crippen molar-refractivity contribution in [3.63, 3.8) is 0 Å². The van der Waals surface area contributed by atoms with Crippen molar-refractivity contribution >= 4 is 42.6 Å². The molecule has 3 aromatic rings. The number of ether oxygens (including phenoxy) is 1. The number of anilines is 1. The van der Waals surface area contributed by atoms with Crippen molar-refractivity contribution in [3.05, 3.63) is 53.3 Å². The van der Waals surface area contributed by atoms with Gasteiger partial charge in [0.15, 0.2) is 5.13 Å². The number of carbonyl (C=O) groups excluding carboxylic acids is 1. The van der Waals surface area contributed by atoms with Crippen molar-refractivity contribution in [2.24, 2.45) is 5.92 Å². The number of nitrogens with zero attached hydrogens (tertiary/aromatic N) is 4. The Morgan fingerprint density at radius 1 is 1.10 bits per heavy atom. The Bertz CT molecular complexity index is 1410. The van der Waals surface area contributed by atoms with E-state index in [1.165, 1.54) is 16.4 Å². The monoisotopic (exact) mass is 574 g/mol. The molecule has 0 bridgehead atoms. The lowest BCUT2D eigenvalue weighted by Gasteiger charge is -2.33. The largest absolute Gasteiger partial charge is 0.379 e. The average Bonchev–Trinajstić information content (AvgIpc) is 3.36. The summed E-state index contributed by atoms with van der Waals surface area (Å²) in [5.74, 6) is -0.765. The SMILES string of the molecule is Cc1cc(C)c2sc(N(CCCN3CCOCC3)C(=O)C3CCN(S(=O)(=O)c4ccc(F)cc4)CC3)nc2c1. The molecule has 0 radical (unpaired) electrons. The molecule has 2 saturated heterocycles. The number of thiazole rings is 1. The summed E-state index contributed by atoms with van der Waals surface area (Å²) in [7, 11) is -3.74. The highest BCUT2D eigenvalue weighted by atomic mass is 32.2. The quantitative estimate of drug-likeness (QED) is 0.401. The minimum atomic E-state index is -3.74. The van der Waals surface area contributed by atoms with Crippen LogP contribution in [0.5, 0.6) is 0 Å². The van der Waals surface area contributed by atoms with Crippen LogP contribution < -0.4 is 4.90 Å². The molecule has 1 amide bonds. The van der Waals surface area contributed by atoms with Gasteiger partial charge in [-0.15, -0.1) is 0 Å². The first kappa shape index (κ1) is 28.1. The van der Waals surface area contributed by atoms with Gasteiger partial charge in [-0.1, -0.05) is 17.4 Å². The first-order valence-electron chi connectivity index (χ1n) is 13.5. The second kappa shape index (κ2) is 12.0. The number of fused-ring (bicyclic) bond motifs is 1. The van der Waals surface area contributed by atoms with Crippen molar-refractivity contribution in [2.45, 2.75) is 38.0 Å². The zero-order chi connectivity index (χ0) is 27.6. The predicted molar refractivity (Wildman–Crippen MR) is 151 cm³/mol. The summed E-state index contributed by atoms with van der Waals surface area (Å²) >= 11 is 1.55. The molecule has 2 aliphatic rings. The van der Waals surface area contributed by atoms with Crippen LogP contribution in [0.25, 0.3) is 10.2 Å². The van der Waals surface area contributed by atoms with Crippen LogP contribution in [0.1, 0.15) is 30.4 Å². The lowest BCUT2D eigenvalue weighted by atomic mass is 9.96. The summed E-state index contributed by atoms with van der Waals surface area (Å²) in [5.41, 5.74) is 3.18. The predicted octanol–water partition coefficient (Wildman–Crippen LogP) is 4.21. The third-order valence-corrected chi connectivity index (χ3v) is 10.7. The molecule has 0 aliphatic carbocycles. The summed E-state index contributed by atoms with van der Waals surface area (Å²) in [4.78, 5) is 23.0. The van der Waals surface area contributed by atoms with E-state index in [-0.39, 0.29) is 29.8 Å². The molecular formula is C28H35FN4O4S2. The molecule has 0 N–H and O–H groups in total. The van der Waals surface area contributed by atoms with Crippen LogP contribution in [0.4, 0.5) is 9.52 Å². The van der Waals surface area contributed by atoms with Crippen molar-refractivity contribution < 1.29 is 22.3 Å². The van der Waals surface area contributed by atoms with Gasteiger partial charge in [0.05, 0.1) is 28.3 Å². The number of hydrogen-bond acceptors (Lipinski definition) is 7. The molecule has 0 saturated carbocycles. The van der Waals surface area contributed by atoms with Crippen LogP contribution in [-0.4, -0.2) is 81.0 Å². The van der Waals surface area contributed by atoms with Gasteiger partial charge in [0.1, 0.15) is 5.82 Å². The zero-order valence-corrected chi connectivity index (χ0v) is 24.1. The second-order valence-corrected chi connectivity index (χ2v) is 13.3. The standard InChI is InChI=1S/C28H35FN4O4S2/c1-20-18-21(2)26-25(19-20)30-28(38-26)33(11-3-10-31-14-16-37-17-15-31)27(34)22-8-12-32(13-9-22)39(35,36)24-6-4-23(29)5-7-24/h4-7,18-19,22H,3,8-17H2,1-2H3. The molecule has 0 atom stereocenters. The molecule has 39 heavy (non-hydrogen) atoms. The van der Waals surface area contributed by atoms with Crippen molar-refractivity contribution in [3.8, 4) is 0 Å². The summed E-state index contributed by atoms with van der Waals surface area (Å²) < 4.78 is 47.4. The fourth-order valence-corrected chi connectivity index (χ4v) is 7.89. The van der Waals surface area contributed by atoms with Crippen molar-refractivity contribution in [2.75, 3.05) is 57.4 Å². The lowest BCUT2D eigenvalue weighted by molar-refractivity contribution is -0.123. The summed E-state index contributed by atoms with van der Waals surface area (Å²) in [6, 6.07) is 9.06. The molecular weight excluding hydrogens is 539 g/mol. The van der Waals surface area contributed by atoms with Gasteiger partial charge in [-0.2, -0.15) is 4.31 Å². The Morgan fingerprint density at radius 3 is 2.49 bits per heavy atom. The lowest BCUT2D eigenvalue weighted by Crippen LogP contribution is -2.45. The Labute approximate surface area is 233 Å². The fourth-order valence-electron chi connectivity index (χ4n) is 5.38. The first-order chi connectivity index (χ1) is 18.7. The molecule has 0 unspecified atom stereocenters. The van der Waals surface area contributed by atoms with E-state index in [1.54, 1.807) is 11.3 Å². The van der Waals surface area contributed by atoms with Crippen LogP contribution in [0, 0.1) is 25.6 Å². The number of aryl methyl sites for hydroxylation is 2. The second-order valence-electron chi connectivity index (χ2n) is 10.4. The molecule has 5 rings (SSSR count). The molecule has 3 heterocycles. The molecule has 2 aliphatic heterocycles. The van der Waals surface area contributed by atoms with Crippen molar-refractivity contribution in [1.82, 2.24) is 14.2 Å². The van der Waals surface area contributed by atoms with Crippen LogP contribution in [0.3, 0.4) is 0 Å². The van der Waals surface area contributed by atoms with E-state index in [9.17, 15) is 17.6 Å². The number of sulfonamides is 1. The molecule has 8 nitrogen and oxygen atoms in total. The smallest absolute Gasteiger partial charge is 0.243 e. The van der Waals surface area contributed by atoms with Crippen LogP contribution >= 0.6 is 11.3 Å². The molecule has 0 spiro atoms. The van der Waals surface area contributed by atoms with Crippen molar-refractivity contribution in [1.29, 1.82) is 0 Å². The third kappa shape index (κ3) is 6.33. The number of piperidine rings is 1. The maximum Gasteiger partial charge on any atom is 0.243 e. The fraction of sp³-hybridized carbons (Fsp3) is 0.500. The zero-order valence-electron chi connectivity index (χ0n) is 22.4. The first-order valence-corrected chi connectivity index (χ1v) is 15.7. The number of carbonyl (C=O) groups is 1. The summed E-state index contributed by atoms with van der Waals surface area (Å²) in [6.45, 7) is 9.31. The minimum Gasteiger partial charge on any atom is -0.379 e. The van der Waals surface area contributed by atoms with Crippen LogP contribution in [0.2, 0.25) is 0 Å². The van der Waals surface area contributed by atoms with E-state index in [0.29, 0.717) is 24.5 Å². The number of hydrogen-bond donors (Lipinski definition) is 0. The average molecular weight is 575 g/mol. The van der Waals surface area contributed by atoms with Gasteiger partial charge in [0.2, 0.25) is 15.9 Å². The number of halogens is 1. The molecule has 1 aromatic heterocycles. The molecule has 2 aromatic carbocycles. The third-order valence-electron chi connectivity index (χ3n) is 7.52. The number of rotatable bonds is 8. The highest BCUT2D eigenvalue weighted by Crippen LogP contribution is 2.34. The van der Waals surface area contributed by atoms with Gasteiger partial charge in [-0.3, -0.25) is 14.6 Å². The Morgan fingerprint density at radius 2 is 1.79 bits per heavy atom. The van der Waals surface area contributed by atoms with E-state index in [0.717, 1.165) is 72.7 Å². The van der Waals surface area contributed by atoms with Gasteiger partial charge in [0.25, 0.3) is 0 Å². The number of morpholine rings is 1. The van der Waals surface area contributed by atoms with Crippen LogP contribution in [0.15, 0.2) is 41.3 Å².